The van der Waals surface area contributed by atoms with Crippen LogP contribution in [0.3, 0.4) is 0 Å². The predicted octanol–water partition coefficient (Wildman–Crippen LogP) is 7.15. The fraction of sp³-hybridized carbons (Fsp3) is 0.277. The molecule has 0 bridgehead atoms. The maximum atomic E-state index is 13.5. The van der Waals surface area contributed by atoms with Crippen molar-refractivity contribution in [2.24, 2.45) is 0 Å². The summed E-state index contributed by atoms with van der Waals surface area (Å²) in [4.78, 5) is 34.7. The number of hydrogen-bond donors (Lipinski definition) is 4. The summed E-state index contributed by atoms with van der Waals surface area (Å²) in [7, 11) is 0. The summed E-state index contributed by atoms with van der Waals surface area (Å²) >= 11 is 0. The Labute approximate surface area is 373 Å². The summed E-state index contributed by atoms with van der Waals surface area (Å²) in [5.41, 5.74) is 5.38. The highest BCUT2D eigenvalue weighted by molar-refractivity contribution is 6.35. The summed E-state index contributed by atoms with van der Waals surface area (Å²) in [5, 5.41) is 49.6. The molecule has 2 saturated heterocycles. The highest BCUT2D eigenvalue weighted by Crippen LogP contribution is 2.29. The molecule has 64 heavy (non-hydrogen) atoms. The van der Waals surface area contributed by atoms with Crippen molar-refractivity contribution in [3.63, 3.8) is 0 Å². The van der Waals surface area contributed by atoms with Crippen LogP contribution in [0.2, 0.25) is 0 Å². The number of piperidine rings is 2. The molecule has 4 aromatic carbocycles. The van der Waals surface area contributed by atoms with Crippen LogP contribution >= 0.6 is 0 Å². The third-order valence-electron chi connectivity index (χ3n) is 10.9. The summed E-state index contributed by atoms with van der Waals surface area (Å²) in [6, 6.07) is 34.2. The first-order valence-electron chi connectivity index (χ1n) is 20.5. The Bertz CT molecular complexity index is 2550. The van der Waals surface area contributed by atoms with Gasteiger partial charge in [-0.15, -0.1) is 0 Å². The number of likely N-dealkylation sites (tertiary alicyclic amines) is 2. The van der Waals surface area contributed by atoms with Gasteiger partial charge in [0.05, 0.1) is 71.3 Å². The van der Waals surface area contributed by atoms with Crippen LogP contribution in [0.5, 0.6) is 0 Å². The average molecular weight is 865 g/mol. The lowest BCUT2D eigenvalue weighted by Gasteiger charge is -2.37. The first-order valence-corrected chi connectivity index (χ1v) is 20.5. The Balaban J connectivity index is 0.000000202. The Morgan fingerprint density at radius 3 is 1.64 bits per heavy atom. The van der Waals surface area contributed by atoms with Crippen molar-refractivity contribution >= 4 is 23.7 Å². The van der Waals surface area contributed by atoms with Gasteiger partial charge < -0.3 is 26.5 Å². The highest BCUT2D eigenvalue weighted by atomic mass is 16.3. The van der Waals surface area contributed by atoms with Crippen LogP contribution in [0.1, 0.15) is 79.3 Å². The van der Waals surface area contributed by atoms with Crippen molar-refractivity contribution in [1.29, 1.82) is 10.8 Å². The number of nitrogens with zero attached hydrogens (tertiary/aromatic N) is 11. The maximum absolute atomic E-state index is 13.5. The van der Waals surface area contributed by atoms with Crippen molar-refractivity contribution in [3.05, 3.63) is 157 Å². The van der Waals surface area contributed by atoms with Gasteiger partial charge in [0.15, 0.2) is 0 Å². The van der Waals surface area contributed by atoms with E-state index >= 15 is 0 Å². The molecular weight excluding hydrogens is 809 g/mol. The first-order chi connectivity index (χ1) is 30.2. The van der Waals surface area contributed by atoms with Crippen LogP contribution in [0.4, 0.5) is 0 Å². The lowest BCUT2D eigenvalue weighted by molar-refractivity contribution is 0.0309. The van der Waals surface area contributed by atoms with E-state index in [1.54, 1.807) is 46.7 Å². The van der Waals surface area contributed by atoms with Gasteiger partial charge in [0.1, 0.15) is 5.69 Å². The molecule has 2 amide bonds. The average Bonchev–Trinajstić information content (AvgIpc) is 4.16. The van der Waals surface area contributed by atoms with Gasteiger partial charge in [-0.2, -0.15) is 45.0 Å². The summed E-state index contributed by atoms with van der Waals surface area (Å²) in [5.74, 6) is -0.116. The van der Waals surface area contributed by atoms with E-state index in [9.17, 15) is 14.7 Å². The predicted molar refractivity (Wildman–Crippen MR) is 246 cm³/mol. The van der Waals surface area contributed by atoms with Crippen LogP contribution < -0.4 is 6.15 Å². The van der Waals surface area contributed by atoms with Crippen LogP contribution in [-0.2, 0) is 0 Å². The third-order valence-corrected chi connectivity index (χ3v) is 10.9. The largest absolute Gasteiger partial charge is 0.391 e. The fourth-order valence-electron chi connectivity index (χ4n) is 7.47. The number of β-amino-alcohol motifs (C(OH)–C–C–N with tert-alkyl or cyclic N) is 1. The standard InChI is InChI=1S/C23H23N7O.C15H18N4O2.C8H8N2.CH4.H3N/c1-17-11-12-19(29-26-15-21(27-29)18-7-3-2-4-8-18)16-28(17)23(31)20-9-5-6-10-22(20)30-24-13-14-25-30;1-11-6-7-12(20)10-18(11)15(21)13-4-2-3-5-14(13)19-16-8-9-17-19;9-6-8(10)7-4-2-1-3-5-7;;/h2-10,13-15,17,19H,11-12,16H2,1H3;2-5,8-9,11-12,20H,6-7,10H2,1H3;1-6,9-10H;1H4;1H3/t17-,19-;11-,12+;;;/m11.../s1. The Morgan fingerprint density at radius 2 is 1.11 bits per heavy atom. The molecule has 3 aromatic heterocycles. The second-order valence-electron chi connectivity index (χ2n) is 15.1. The molecule has 332 valence electrons. The van der Waals surface area contributed by atoms with Gasteiger partial charge in [-0.25, -0.2) is 0 Å². The number of rotatable bonds is 8. The van der Waals surface area contributed by atoms with Gasteiger partial charge in [-0.05, 0) is 63.8 Å². The second-order valence-corrected chi connectivity index (χ2v) is 15.1. The van der Waals surface area contributed by atoms with Crippen molar-refractivity contribution in [3.8, 4) is 22.6 Å². The van der Waals surface area contributed by atoms with E-state index in [1.165, 1.54) is 9.59 Å². The number of para-hydroxylation sites is 2. The molecule has 17 nitrogen and oxygen atoms in total. The van der Waals surface area contributed by atoms with E-state index < -0.39 is 6.10 Å². The van der Waals surface area contributed by atoms with Crippen LogP contribution in [0.25, 0.3) is 22.6 Å². The monoisotopic (exact) mass is 864 g/mol. The minimum absolute atomic E-state index is 0. The number of carbonyl (C=O) groups excluding carboxylic acids is 2. The SMILES string of the molecule is C.C[C@@H]1CC[C@@H](n2ncc(-c3ccccc3)n2)CN1C(=O)c1ccccc1-n1nccn1.C[C@@H]1CC[C@H](O)CN1C(=O)c1ccccc1-n1nccn1.N.N=CC(=N)c1ccccc1. The molecule has 5 heterocycles. The molecule has 7 aromatic rings. The molecule has 0 radical (unpaired) electrons. The molecule has 0 aliphatic carbocycles. The zero-order valence-electron chi connectivity index (χ0n) is 35.3. The lowest BCUT2D eigenvalue weighted by Crippen LogP contribution is -2.47. The van der Waals surface area contributed by atoms with Gasteiger partial charge in [0, 0.05) is 42.5 Å². The van der Waals surface area contributed by atoms with Crippen LogP contribution in [0.15, 0.2) is 140 Å². The van der Waals surface area contributed by atoms with Crippen LogP contribution in [0, 0.1) is 10.8 Å². The molecule has 17 heteroatoms. The van der Waals surface area contributed by atoms with Crippen molar-refractivity contribution in [1.82, 2.24) is 60.9 Å². The van der Waals surface area contributed by atoms with Crippen molar-refractivity contribution in [2.45, 2.75) is 71.2 Å². The number of carbonyl (C=O) groups is 2. The van der Waals surface area contributed by atoms with E-state index in [4.69, 9.17) is 15.9 Å². The van der Waals surface area contributed by atoms with Gasteiger partial charge in [0.25, 0.3) is 11.8 Å². The van der Waals surface area contributed by atoms with Gasteiger partial charge >= 0.3 is 0 Å². The molecular formula is C47H56N14O3. The van der Waals surface area contributed by atoms with E-state index in [0.29, 0.717) is 35.6 Å². The molecule has 2 fully saturated rings. The topological polar surface area (TPSA) is 236 Å². The normalized spacial score (nSPS) is 17.8. The number of aliphatic hydroxyl groups excluding tert-OH is 1. The van der Waals surface area contributed by atoms with Crippen molar-refractivity contribution < 1.29 is 14.7 Å². The number of benzene rings is 4. The zero-order valence-corrected chi connectivity index (χ0v) is 35.3. The fourth-order valence-corrected chi connectivity index (χ4v) is 7.47. The molecule has 2 aliphatic heterocycles. The minimum atomic E-state index is -0.444. The van der Waals surface area contributed by atoms with Crippen LogP contribution in [-0.4, -0.2) is 115 Å². The third kappa shape index (κ3) is 11.3. The second kappa shape index (κ2) is 22.6. The molecule has 0 spiro atoms. The van der Waals surface area contributed by atoms with Gasteiger partial charge in [-0.3, -0.25) is 15.0 Å². The van der Waals surface area contributed by atoms with Crippen molar-refractivity contribution in [2.75, 3.05) is 13.1 Å². The van der Waals surface area contributed by atoms with E-state index in [-0.39, 0.29) is 49.2 Å². The van der Waals surface area contributed by atoms with E-state index in [0.717, 1.165) is 48.7 Å². The number of hydrogen-bond acceptors (Lipinski definition) is 12. The number of aromatic nitrogens is 9. The summed E-state index contributed by atoms with van der Waals surface area (Å²) in [6.07, 6.45) is 12.1. The quantitative estimate of drug-likeness (QED) is 0.113. The number of nitrogens with one attached hydrogen (secondary N) is 2. The maximum Gasteiger partial charge on any atom is 0.256 e. The molecule has 0 saturated carbocycles. The number of amides is 2. The smallest absolute Gasteiger partial charge is 0.256 e. The van der Waals surface area contributed by atoms with E-state index in [2.05, 4.69) is 32.4 Å². The highest BCUT2D eigenvalue weighted by Gasteiger charge is 2.33. The molecule has 4 atom stereocenters. The van der Waals surface area contributed by atoms with Gasteiger partial charge in [-0.1, -0.05) is 92.4 Å². The lowest BCUT2D eigenvalue weighted by atomic mass is 9.98. The molecule has 6 N–H and O–H groups in total. The van der Waals surface area contributed by atoms with E-state index in [1.807, 2.05) is 115 Å². The Morgan fingerprint density at radius 1 is 0.641 bits per heavy atom. The molecule has 2 aliphatic rings. The Kier molecular flexibility index (Phi) is 16.8. The van der Waals surface area contributed by atoms with Gasteiger partial charge in [0.2, 0.25) is 0 Å². The molecule has 9 rings (SSSR count). The summed E-state index contributed by atoms with van der Waals surface area (Å²) in [6.45, 7) is 5.04. The number of aliphatic hydroxyl groups is 1. The minimum Gasteiger partial charge on any atom is -0.391 e. The Hall–Kier alpha value is -7.50. The molecule has 0 unspecified atom stereocenters. The summed E-state index contributed by atoms with van der Waals surface area (Å²) < 4.78 is 0. The zero-order chi connectivity index (χ0) is 43.4. The first kappa shape index (κ1) is 47.5.